The molecule has 1 aliphatic heterocycles. The van der Waals surface area contributed by atoms with Gasteiger partial charge in [-0.25, -0.2) is 4.79 Å². The maximum Gasteiger partial charge on any atom is 0.409 e. The van der Waals surface area contributed by atoms with Gasteiger partial charge in [-0.05, 0) is 0 Å². The van der Waals surface area contributed by atoms with Gasteiger partial charge in [0.05, 0.1) is 7.11 Å². The van der Waals surface area contributed by atoms with E-state index in [1.165, 1.54) is 7.11 Å². The number of amides is 1. The predicted octanol–water partition coefficient (Wildman–Crippen LogP) is 2.35. The van der Waals surface area contributed by atoms with Crippen LogP contribution in [0.25, 0.3) is 0 Å². The van der Waals surface area contributed by atoms with Gasteiger partial charge >= 0.3 is 6.09 Å². The molecule has 0 aliphatic carbocycles. The number of nitrogens with one attached hydrogen (secondary N) is 1. The van der Waals surface area contributed by atoms with E-state index in [1.807, 2.05) is 41.5 Å². The second-order valence-electron chi connectivity index (χ2n) is 2.21. The Bertz CT molecular complexity index is 127. The second-order valence-corrected chi connectivity index (χ2v) is 2.21. The van der Waals surface area contributed by atoms with Crippen LogP contribution >= 0.6 is 0 Å². The summed E-state index contributed by atoms with van der Waals surface area (Å²) in [7, 11) is 2.41. The van der Waals surface area contributed by atoms with Crippen molar-refractivity contribution < 1.29 is 14.6 Å². The summed E-state index contributed by atoms with van der Waals surface area (Å²) in [6, 6.07) is 0. The third-order valence-electron chi connectivity index (χ3n) is 1.55. The summed E-state index contributed by atoms with van der Waals surface area (Å²) in [5, 5.41) is 10.1. The lowest BCUT2D eigenvalue weighted by Gasteiger charge is -2.25. The molecule has 0 atom stereocenters. The zero-order valence-electron chi connectivity index (χ0n) is 13.5. The molecule has 0 radical (unpaired) electrons. The first-order valence-electron chi connectivity index (χ1n) is 6.83. The maximum absolute atomic E-state index is 10.8. The normalized spacial score (nSPS) is 11.7. The Kier molecular flexibility index (Phi) is 42.9. The van der Waals surface area contributed by atoms with Crippen LogP contribution in [-0.4, -0.2) is 56.5 Å². The SMILES string of the molecule is CC.CC.CC.CO.COC(=O)N1CCNCC1. The van der Waals surface area contributed by atoms with E-state index < -0.39 is 0 Å². The minimum absolute atomic E-state index is 0.221. The van der Waals surface area contributed by atoms with E-state index >= 15 is 0 Å². The van der Waals surface area contributed by atoms with Gasteiger partial charge in [-0.15, -0.1) is 0 Å². The summed E-state index contributed by atoms with van der Waals surface area (Å²) in [4.78, 5) is 12.5. The average molecular weight is 266 g/mol. The number of hydrogen-bond donors (Lipinski definition) is 2. The fraction of sp³-hybridized carbons (Fsp3) is 0.923. The van der Waals surface area contributed by atoms with Crippen LogP contribution in [0.4, 0.5) is 4.79 Å². The molecule has 0 unspecified atom stereocenters. The summed E-state index contributed by atoms with van der Waals surface area (Å²) < 4.78 is 4.55. The van der Waals surface area contributed by atoms with Crippen molar-refractivity contribution in [3.05, 3.63) is 0 Å². The monoisotopic (exact) mass is 266 g/mol. The van der Waals surface area contributed by atoms with Gasteiger partial charge in [0, 0.05) is 33.3 Å². The summed E-state index contributed by atoms with van der Waals surface area (Å²) in [6.07, 6.45) is -0.221. The molecule has 114 valence electrons. The third kappa shape index (κ3) is 17.6. The molecule has 0 bridgehead atoms. The van der Waals surface area contributed by atoms with Gasteiger partial charge in [-0.2, -0.15) is 0 Å². The number of aliphatic hydroxyl groups excluding tert-OH is 1. The number of methoxy groups -OCH3 is 1. The number of rotatable bonds is 0. The van der Waals surface area contributed by atoms with Crippen molar-refractivity contribution in [2.75, 3.05) is 40.4 Å². The largest absolute Gasteiger partial charge is 0.453 e. The van der Waals surface area contributed by atoms with Crippen molar-refractivity contribution in [3.63, 3.8) is 0 Å². The molecule has 1 aliphatic rings. The lowest BCUT2D eigenvalue weighted by molar-refractivity contribution is 0.118. The first-order valence-corrected chi connectivity index (χ1v) is 6.83. The molecular formula is C13H34N2O3. The molecule has 0 spiro atoms. The van der Waals surface area contributed by atoms with Crippen molar-refractivity contribution in [3.8, 4) is 0 Å². The van der Waals surface area contributed by atoms with Gasteiger partial charge in [-0.1, -0.05) is 41.5 Å². The van der Waals surface area contributed by atoms with E-state index in [2.05, 4.69) is 10.1 Å². The quantitative estimate of drug-likeness (QED) is 0.706. The number of aliphatic hydroxyl groups is 1. The highest BCUT2D eigenvalue weighted by Crippen LogP contribution is 1.94. The highest BCUT2D eigenvalue weighted by molar-refractivity contribution is 5.67. The molecule has 1 amide bonds. The van der Waals surface area contributed by atoms with E-state index in [9.17, 15) is 4.79 Å². The van der Waals surface area contributed by atoms with Crippen LogP contribution in [0.2, 0.25) is 0 Å². The smallest absolute Gasteiger partial charge is 0.409 e. The Morgan fingerprint density at radius 3 is 1.61 bits per heavy atom. The first kappa shape index (κ1) is 25.9. The van der Waals surface area contributed by atoms with E-state index in [0.29, 0.717) is 0 Å². The van der Waals surface area contributed by atoms with Crippen molar-refractivity contribution in [2.45, 2.75) is 41.5 Å². The van der Waals surface area contributed by atoms with Crippen LogP contribution in [0.3, 0.4) is 0 Å². The molecule has 2 N–H and O–H groups in total. The summed E-state index contributed by atoms with van der Waals surface area (Å²) >= 11 is 0. The Morgan fingerprint density at radius 1 is 1.00 bits per heavy atom. The molecular weight excluding hydrogens is 232 g/mol. The summed E-state index contributed by atoms with van der Waals surface area (Å²) in [5.41, 5.74) is 0. The van der Waals surface area contributed by atoms with Crippen molar-refractivity contribution in [1.82, 2.24) is 10.2 Å². The molecule has 0 aromatic rings. The zero-order valence-corrected chi connectivity index (χ0v) is 13.5. The third-order valence-corrected chi connectivity index (χ3v) is 1.55. The highest BCUT2D eigenvalue weighted by atomic mass is 16.5. The summed E-state index contributed by atoms with van der Waals surface area (Å²) in [6.45, 7) is 15.3. The fourth-order valence-corrected chi connectivity index (χ4v) is 0.977. The molecule has 5 nitrogen and oxygen atoms in total. The topological polar surface area (TPSA) is 61.8 Å². The van der Waals surface area contributed by atoms with Crippen LogP contribution in [0.1, 0.15) is 41.5 Å². The van der Waals surface area contributed by atoms with Gasteiger partial charge < -0.3 is 20.1 Å². The van der Waals surface area contributed by atoms with E-state index in [1.54, 1.807) is 4.90 Å². The first-order chi connectivity index (χ1) is 8.84. The van der Waals surface area contributed by atoms with Gasteiger partial charge in [0.25, 0.3) is 0 Å². The van der Waals surface area contributed by atoms with Gasteiger partial charge in [-0.3, -0.25) is 0 Å². The summed E-state index contributed by atoms with van der Waals surface area (Å²) in [5.74, 6) is 0. The molecule has 18 heavy (non-hydrogen) atoms. The van der Waals surface area contributed by atoms with Crippen LogP contribution in [0, 0.1) is 0 Å². The maximum atomic E-state index is 10.8. The number of nitrogens with zero attached hydrogens (tertiary/aromatic N) is 1. The molecule has 1 rings (SSSR count). The molecule has 0 aromatic heterocycles. The highest BCUT2D eigenvalue weighted by Gasteiger charge is 2.15. The second kappa shape index (κ2) is 29.8. The van der Waals surface area contributed by atoms with E-state index in [4.69, 9.17) is 5.11 Å². The van der Waals surface area contributed by atoms with Crippen molar-refractivity contribution in [1.29, 1.82) is 0 Å². The lowest BCUT2D eigenvalue weighted by atomic mass is 10.4. The van der Waals surface area contributed by atoms with E-state index in [0.717, 1.165) is 33.3 Å². The predicted molar refractivity (Wildman–Crippen MR) is 79.0 cm³/mol. The average Bonchev–Trinajstić information content (AvgIpc) is 2.55. The number of carbonyl (C=O) groups is 1. The number of hydrogen-bond acceptors (Lipinski definition) is 4. The zero-order chi connectivity index (χ0) is 15.4. The number of piperazine rings is 1. The minimum atomic E-state index is -0.221. The Morgan fingerprint density at radius 2 is 1.33 bits per heavy atom. The van der Waals surface area contributed by atoms with Gasteiger partial charge in [0.15, 0.2) is 0 Å². The number of carbonyl (C=O) groups excluding carboxylic acids is 1. The Hall–Kier alpha value is -0.810. The van der Waals surface area contributed by atoms with Crippen LogP contribution < -0.4 is 5.32 Å². The molecule has 1 heterocycles. The lowest BCUT2D eigenvalue weighted by Crippen LogP contribution is -2.46. The van der Waals surface area contributed by atoms with Gasteiger partial charge in [0.1, 0.15) is 0 Å². The Labute approximate surface area is 114 Å². The fourth-order valence-electron chi connectivity index (χ4n) is 0.977. The molecule has 5 heteroatoms. The Balaban J connectivity index is -0.000000105. The minimum Gasteiger partial charge on any atom is -0.453 e. The van der Waals surface area contributed by atoms with Crippen LogP contribution in [0.5, 0.6) is 0 Å². The molecule has 1 fully saturated rings. The number of ether oxygens (including phenoxy) is 1. The van der Waals surface area contributed by atoms with Crippen molar-refractivity contribution >= 4 is 6.09 Å². The van der Waals surface area contributed by atoms with E-state index in [-0.39, 0.29) is 6.09 Å². The van der Waals surface area contributed by atoms with Crippen LogP contribution in [-0.2, 0) is 4.74 Å². The van der Waals surface area contributed by atoms with Crippen LogP contribution in [0.15, 0.2) is 0 Å². The van der Waals surface area contributed by atoms with Crippen molar-refractivity contribution in [2.24, 2.45) is 0 Å². The standard InChI is InChI=1S/C6H12N2O2.3C2H6.CH4O/c1-10-6(9)8-4-2-7-3-5-8;4*1-2/h7H,2-5H2,1H3;3*1-2H3;2H,1H3. The molecule has 0 aromatic carbocycles. The molecule has 1 saturated heterocycles. The van der Waals surface area contributed by atoms with Gasteiger partial charge in [0.2, 0.25) is 0 Å². The molecule has 0 saturated carbocycles.